The van der Waals surface area contributed by atoms with E-state index in [1.807, 2.05) is 0 Å². The number of amides is 1. The van der Waals surface area contributed by atoms with E-state index >= 15 is 0 Å². The van der Waals surface area contributed by atoms with E-state index in [4.69, 9.17) is 4.74 Å². The number of halogens is 1. The maximum Gasteiger partial charge on any atom is 0.225 e. The van der Waals surface area contributed by atoms with Crippen LogP contribution in [0.3, 0.4) is 0 Å². The van der Waals surface area contributed by atoms with Crippen LogP contribution in [0.4, 0.5) is 0 Å². The summed E-state index contributed by atoms with van der Waals surface area (Å²) in [6, 6.07) is 0.245. The molecule has 1 saturated heterocycles. The second kappa shape index (κ2) is 7.28. The Morgan fingerprint density at radius 2 is 2.31 bits per heavy atom. The molecule has 1 aliphatic rings. The first kappa shape index (κ1) is 14.0. The van der Waals surface area contributed by atoms with Gasteiger partial charge in [-0.05, 0) is 25.2 Å². The summed E-state index contributed by atoms with van der Waals surface area (Å²) in [4.78, 5) is 11.9. The summed E-state index contributed by atoms with van der Waals surface area (Å²) < 4.78 is 5.33. The number of hydrogen-bond donors (Lipinski definition) is 1. The summed E-state index contributed by atoms with van der Waals surface area (Å²) in [6.45, 7) is 5.73. The molecule has 1 fully saturated rings. The van der Waals surface area contributed by atoms with Crippen molar-refractivity contribution in [1.29, 1.82) is 0 Å². The zero-order valence-corrected chi connectivity index (χ0v) is 11.8. The Kier molecular flexibility index (Phi) is 6.36. The smallest absolute Gasteiger partial charge is 0.225 e. The first-order valence-electron chi connectivity index (χ1n) is 6.07. The van der Waals surface area contributed by atoms with Crippen molar-refractivity contribution in [3.63, 3.8) is 0 Å². The van der Waals surface area contributed by atoms with Gasteiger partial charge < -0.3 is 10.1 Å². The van der Waals surface area contributed by atoms with Crippen molar-refractivity contribution in [3.8, 4) is 0 Å². The van der Waals surface area contributed by atoms with Crippen LogP contribution in [0, 0.1) is 11.8 Å². The number of alkyl halides is 1. The number of rotatable bonds is 5. The maximum absolute atomic E-state index is 11.9. The lowest BCUT2D eigenvalue weighted by Gasteiger charge is -2.25. The number of nitrogens with one attached hydrogen (secondary N) is 1. The van der Waals surface area contributed by atoms with Gasteiger partial charge >= 0.3 is 0 Å². The van der Waals surface area contributed by atoms with Crippen molar-refractivity contribution in [2.75, 3.05) is 18.5 Å². The average molecular weight is 292 g/mol. The van der Waals surface area contributed by atoms with Crippen molar-refractivity contribution >= 4 is 21.8 Å². The van der Waals surface area contributed by atoms with Gasteiger partial charge in [0.05, 0.1) is 12.5 Å². The van der Waals surface area contributed by atoms with Gasteiger partial charge in [0.25, 0.3) is 0 Å². The van der Waals surface area contributed by atoms with E-state index in [0.29, 0.717) is 12.5 Å². The first-order chi connectivity index (χ1) is 7.63. The third kappa shape index (κ3) is 4.83. The Hall–Kier alpha value is -0.0900. The van der Waals surface area contributed by atoms with E-state index in [-0.39, 0.29) is 17.9 Å². The Morgan fingerprint density at radius 3 is 2.81 bits per heavy atom. The van der Waals surface area contributed by atoms with E-state index in [0.717, 1.165) is 31.2 Å². The van der Waals surface area contributed by atoms with Gasteiger partial charge in [0, 0.05) is 18.0 Å². The van der Waals surface area contributed by atoms with Crippen molar-refractivity contribution in [3.05, 3.63) is 0 Å². The van der Waals surface area contributed by atoms with Crippen molar-refractivity contribution in [1.82, 2.24) is 5.32 Å². The fourth-order valence-electron chi connectivity index (χ4n) is 2.00. The van der Waals surface area contributed by atoms with Crippen LogP contribution in [0.1, 0.15) is 33.1 Å². The van der Waals surface area contributed by atoms with Gasteiger partial charge in [-0.1, -0.05) is 29.8 Å². The normalized spacial score (nSPS) is 23.1. The third-order valence-electron chi connectivity index (χ3n) is 2.82. The summed E-state index contributed by atoms with van der Waals surface area (Å²) in [5, 5.41) is 3.93. The number of ether oxygens (including phenoxy) is 1. The van der Waals surface area contributed by atoms with E-state index in [2.05, 4.69) is 35.1 Å². The summed E-state index contributed by atoms with van der Waals surface area (Å²) in [6.07, 6.45) is 2.98. The molecule has 4 heteroatoms. The Bertz CT molecular complexity index is 215. The molecule has 16 heavy (non-hydrogen) atoms. The van der Waals surface area contributed by atoms with Gasteiger partial charge in [-0.2, -0.15) is 0 Å². The van der Waals surface area contributed by atoms with Gasteiger partial charge in [-0.3, -0.25) is 4.79 Å². The quantitative estimate of drug-likeness (QED) is 0.790. The van der Waals surface area contributed by atoms with E-state index in [1.54, 1.807) is 0 Å². The van der Waals surface area contributed by atoms with Crippen molar-refractivity contribution in [2.45, 2.75) is 39.2 Å². The van der Waals surface area contributed by atoms with Gasteiger partial charge in [0.2, 0.25) is 5.91 Å². The molecule has 3 nitrogen and oxygen atoms in total. The lowest BCUT2D eigenvalue weighted by molar-refractivity contribution is -0.129. The maximum atomic E-state index is 11.9. The lowest BCUT2D eigenvalue weighted by Crippen LogP contribution is -2.42. The van der Waals surface area contributed by atoms with Crippen molar-refractivity contribution < 1.29 is 9.53 Å². The minimum atomic E-state index is 0.0578. The molecule has 1 rings (SSSR count). The topological polar surface area (TPSA) is 38.3 Å². The molecule has 1 heterocycles. The van der Waals surface area contributed by atoms with Crippen molar-refractivity contribution in [2.24, 2.45) is 11.8 Å². The van der Waals surface area contributed by atoms with Crippen LogP contribution in [0.15, 0.2) is 0 Å². The van der Waals surface area contributed by atoms with Crippen LogP contribution >= 0.6 is 15.9 Å². The molecule has 1 aliphatic heterocycles. The monoisotopic (exact) mass is 291 g/mol. The summed E-state index contributed by atoms with van der Waals surface area (Å²) in [5.74, 6) is 0.817. The highest BCUT2D eigenvalue weighted by molar-refractivity contribution is 9.09. The SMILES string of the molecule is CC(C)CC(CBr)NC(=O)C1CCCOC1. The molecule has 2 atom stereocenters. The molecule has 0 saturated carbocycles. The van der Waals surface area contributed by atoms with E-state index in [9.17, 15) is 4.79 Å². The first-order valence-corrected chi connectivity index (χ1v) is 7.19. The van der Waals surface area contributed by atoms with Gasteiger partial charge in [0.15, 0.2) is 0 Å². The van der Waals surface area contributed by atoms with Crippen LogP contribution < -0.4 is 5.32 Å². The molecule has 0 aromatic carbocycles. The fourth-order valence-corrected chi connectivity index (χ4v) is 2.42. The molecule has 0 aliphatic carbocycles. The molecule has 2 unspecified atom stereocenters. The van der Waals surface area contributed by atoms with Crippen LogP contribution in [-0.4, -0.2) is 30.5 Å². The Morgan fingerprint density at radius 1 is 1.56 bits per heavy atom. The minimum Gasteiger partial charge on any atom is -0.381 e. The average Bonchev–Trinajstić information content (AvgIpc) is 2.28. The van der Waals surface area contributed by atoms with Crippen LogP contribution in [-0.2, 0) is 9.53 Å². The van der Waals surface area contributed by atoms with Crippen LogP contribution in [0.5, 0.6) is 0 Å². The number of carbonyl (C=O) groups is 1. The molecular weight excluding hydrogens is 270 g/mol. The molecule has 0 radical (unpaired) electrons. The largest absolute Gasteiger partial charge is 0.381 e. The highest BCUT2D eigenvalue weighted by Gasteiger charge is 2.23. The minimum absolute atomic E-state index is 0.0578. The molecule has 0 spiro atoms. The molecule has 0 aromatic rings. The van der Waals surface area contributed by atoms with Gasteiger partial charge in [-0.15, -0.1) is 0 Å². The number of carbonyl (C=O) groups excluding carboxylic acids is 1. The fraction of sp³-hybridized carbons (Fsp3) is 0.917. The number of hydrogen-bond acceptors (Lipinski definition) is 2. The predicted molar refractivity (Wildman–Crippen MR) is 68.7 cm³/mol. The zero-order valence-electron chi connectivity index (χ0n) is 10.2. The molecule has 1 N–H and O–H groups in total. The molecule has 0 bridgehead atoms. The van der Waals surface area contributed by atoms with Crippen LogP contribution in [0.25, 0.3) is 0 Å². The van der Waals surface area contributed by atoms with E-state index in [1.165, 1.54) is 0 Å². The zero-order chi connectivity index (χ0) is 12.0. The lowest BCUT2D eigenvalue weighted by atomic mass is 9.99. The Balaban J connectivity index is 2.35. The highest BCUT2D eigenvalue weighted by atomic mass is 79.9. The summed E-state index contributed by atoms with van der Waals surface area (Å²) in [5.41, 5.74) is 0. The molecule has 94 valence electrons. The van der Waals surface area contributed by atoms with Gasteiger partial charge in [0.1, 0.15) is 0 Å². The molecular formula is C12H22BrNO2. The van der Waals surface area contributed by atoms with E-state index < -0.39 is 0 Å². The summed E-state index contributed by atoms with van der Waals surface area (Å²) >= 11 is 3.45. The third-order valence-corrected chi connectivity index (χ3v) is 3.60. The highest BCUT2D eigenvalue weighted by Crippen LogP contribution is 2.15. The molecule has 0 aromatic heterocycles. The predicted octanol–water partition coefficient (Wildman–Crippen LogP) is 2.34. The molecule has 1 amide bonds. The second-order valence-electron chi connectivity index (χ2n) is 4.90. The Labute approximate surface area is 106 Å². The van der Waals surface area contributed by atoms with Crippen LogP contribution in [0.2, 0.25) is 0 Å². The standard InChI is InChI=1S/C12H22BrNO2/c1-9(2)6-11(7-13)14-12(15)10-4-3-5-16-8-10/h9-11H,3-8H2,1-2H3,(H,14,15). The summed E-state index contributed by atoms with van der Waals surface area (Å²) in [7, 11) is 0. The van der Waals surface area contributed by atoms with Gasteiger partial charge in [-0.25, -0.2) is 0 Å². The second-order valence-corrected chi connectivity index (χ2v) is 5.55.